The maximum atomic E-state index is 13.0. The van der Waals surface area contributed by atoms with Gasteiger partial charge in [0.15, 0.2) is 9.84 Å². The van der Waals surface area contributed by atoms with Crippen molar-refractivity contribution < 1.29 is 13.2 Å². The van der Waals surface area contributed by atoms with Crippen molar-refractivity contribution in [1.29, 1.82) is 0 Å². The minimum absolute atomic E-state index is 0.0698. The van der Waals surface area contributed by atoms with Crippen molar-refractivity contribution in [3.05, 3.63) is 47.3 Å². The molecule has 0 aliphatic rings. The molecule has 0 saturated carbocycles. The van der Waals surface area contributed by atoms with E-state index in [4.69, 9.17) is 0 Å². The number of hydrogen-bond acceptors (Lipinski definition) is 5. The van der Waals surface area contributed by atoms with Gasteiger partial charge in [0.1, 0.15) is 9.46 Å². The first-order valence-corrected chi connectivity index (χ1v) is 10.6. The standard InChI is InChI=1S/C18H24N2O3S2/c1-4-6-17(21)19-13-16(25(22,23)18-7-5-12-24-18)14-8-10-15(11-9-14)20(2)3/h5,7-12,16H,4,6,13H2,1-3H3,(H,19,21)/t16-/m0/s1. The van der Waals surface area contributed by atoms with Crippen LogP contribution < -0.4 is 10.2 Å². The molecule has 2 rings (SSSR count). The lowest BCUT2D eigenvalue weighted by atomic mass is 10.1. The molecule has 1 amide bonds. The van der Waals surface area contributed by atoms with Crippen molar-refractivity contribution in [2.24, 2.45) is 0 Å². The summed E-state index contributed by atoms with van der Waals surface area (Å²) in [4.78, 5) is 13.8. The second kappa shape index (κ2) is 8.49. The van der Waals surface area contributed by atoms with Gasteiger partial charge in [-0.1, -0.05) is 25.1 Å². The Bertz CT molecular complexity index is 782. The first-order chi connectivity index (χ1) is 11.9. The predicted octanol–water partition coefficient (Wildman–Crippen LogP) is 3.25. The molecule has 1 heterocycles. The molecule has 1 atom stereocenters. The summed E-state index contributed by atoms with van der Waals surface area (Å²) >= 11 is 1.20. The summed E-state index contributed by atoms with van der Waals surface area (Å²) in [6, 6.07) is 10.7. The topological polar surface area (TPSA) is 66.5 Å². The molecule has 2 aromatic rings. The highest BCUT2D eigenvalue weighted by Gasteiger charge is 2.30. The average molecular weight is 381 g/mol. The van der Waals surface area contributed by atoms with Crippen LogP contribution in [-0.4, -0.2) is 35.0 Å². The molecule has 0 spiro atoms. The number of anilines is 1. The van der Waals surface area contributed by atoms with E-state index in [1.807, 2.05) is 50.2 Å². The predicted molar refractivity (Wildman–Crippen MR) is 103 cm³/mol. The molecule has 0 aliphatic heterocycles. The molecule has 5 nitrogen and oxygen atoms in total. The van der Waals surface area contributed by atoms with Crippen LogP contribution in [0.4, 0.5) is 5.69 Å². The third-order valence-electron chi connectivity index (χ3n) is 3.89. The number of sulfone groups is 1. The van der Waals surface area contributed by atoms with Crippen LogP contribution in [0.5, 0.6) is 0 Å². The number of carbonyl (C=O) groups excluding carboxylic acids is 1. The van der Waals surface area contributed by atoms with Crippen LogP contribution in [0.3, 0.4) is 0 Å². The van der Waals surface area contributed by atoms with E-state index in [1.165, 1.54) is 11.3 Å². The molecule has 0 radical (unpaired) electrons. The van der Waals surface area contributed by atoms with Gasteiger partial charge in [-0.15, -0.1) is 11.3 Å². The third-order valence-corrected chi connectivity index (χ3v) is 7.43. The van der Waals surface area contributed by atoms with Crippen molar-refractivity contribution in [3.63, 3.8) is 0 Å². The van der Waals surface area contributed by atoms with Crippen LogP contribution >= 0.6 is 11.3 Å². The SMILES string of the molecule is CCCC(=O)NC[C@@H](c1ccc(N(C)C)cc1)S(=O)(=O)c1cccs1. The van der Waals surface area contributed by atoms with E-state index in [0.29, 0.717) is 16.2 Å². The fourth-order valence-corrected chi connectivity index (χ4v) is 5.35. The van der Waals surface area contributed by atoms with Crippen molar-refractivity contribution >= 4 is 32.8 Å². The van der Waals surface area contributed by atoms with Crippen LogP contribution in [0.15, 0.2) is 46.0 Å². The molecule has 0 bridgehead atoms. The highest BCUT2D eigenvalue weighted by molar-refractivity contribution is 7.93. The van der Waals surface area contributed by atoms with Gasteiger partial charge in [-0.05, 0) is 35.6 Å². The van der Waals surface area contributed by atoms with E-state index >= 15 is 0 Å². The third kappa shape index (κ3) is 4.83. The Balaban J connectivity index is 2.33. The number of thiophene rings is 1. The van der Waals surface area contributed by atoms with E-state index in [1.54, 1.807) is 17.5 Å². The minimum atomic E-state index is -3.56. The second-order valence-corrected chi connectivity index (χ2v) is 9.31. The first-order valence-electron chi connectivity index (χ1n) is 8.17. The number of amides is 1. The molecule has 7 heteroatoms. The zero-order valence-electron chi connectivity index (χ0n) is 14.7. The Kier molecular flexibility index (Phi) is 6.61. The highest BCUT2D eigenvalue weighted by atomic mass is 32.2. The van der Waals surface area contributed by atoms with E-state index in [0.717, 1.165) is 12.1 Å². The van der Waals surface area contributed by atoms with Crippen LogP contribution in [0.1, 0.15) is 30.6 Å². The van der Waals surface area contributed by atoms with Crippen molar-refractivity contribution in [2.45, 2.75) is 29.2 Å². The Morgan fingerprint density at radius 1 is 1.20 bits per heavy atom. The largest absolute Gasteiger partial charge is 0.378 e. The summed E-state index contributed by atoms with van der Waals surface area (Å²) in [5.41, 5.74) is 1.67. The number of hydrogen-bond donors (Lipinski definition) is 1. The quantitative estimate of drug-likeness (QED) is 0.763. The zero-order chi connectivity index (χ0) is 18.4. The summed E-state index contributed by atoms with van der Waals surface area (Å²) in [6.45, 7) is 1.99. The number of carbonyl (C=O) groups is 1. The van der Waals surface area contributed by atoms with Gasteiger partial charge in [0.2, 0.25) is 5.91 Å². The second-order valence-electron chi connectivity index (χ2n) is 6.01. The molecule has 1 N–H and O–H groups in total. The average Bonchev–Trinajstić information content (AvgIpc) is 3.11. The van der Waals surface area contributed by atoms with E-state index in [9.17, 15) is 13.2 Å². The van der Waals surface area contributed by atoms with Crippen molar-refractivity contribution in [2.75, 3.05) is 25.5 Å². The van der Waals surface area contributed by atoms with Gasteiger partial charge in [-0.2, -0.15) is 0 Å². The fourth-order valence-electron chi connectivity index (χ4n) is 2.48. The maximum absolute atomic E-state index is 13.0. The minimum Gasteiger partial charge on any atom is -0.378 e. The highest BCUT2D eigenvalue weighted by Crippen LogP contribution is 2.32. The van der Waals surface area contributed by atoms with Gasteiger partial charge < -0.3 is 10.2 Å². The van der Waals surface area contributed by atoms with Crippen LogP contribution in [0.2, 0.25) is 0 Å². The number of rotatable bonds is 8. The summed E-state index contributed by atoms with van der Waals surface area (Å²) in [6.07, 6.45) is 1.12. The lowest BCUT2D eigenvalue weighted by Gasteiger charge is -2.19. The summed E-state index contributed by atoms with van der Waals surface area (Å²) in [5, 5.41) is 3.71. The lowest BCUT2D eigenvalue weighted by molar-refractivity contribution is -0.121. The van der Waals surface area contributed by atoms with Gasteiger partial charge >= 0.3 is 0 Å². The Morgan fingerprint density at radius 3 is 2.40 bits per heavy atom. The van der Waals surface area contributed by atoms with Crippen LogP contribution in [-0.2, 0) is 14.6 Å². The van der Waals surface area contributed by atoms with Gasteiger partial charge in [0.25, 0.3) is 0 Å². The van der Waals surface area contributed by atoms with Crippen LogP contribution in [0, 0.1) is 0 Å². The van der Waals surface area contributed by atoms with Crippen molar-refractivity contribution in [1.82, 2.24) is 5.32 Å². The molecular formula is C18H24N2O3S2. The maximum Gasteiger partial charge on any atom is 0.220 e. The smallest absolute Gasteiger partial charge is 0.220 e. The van der Waals surface area contributed by atoms with Gasteiger partial charge in [-0.3, -0.25) is 4.79 Å². The number of nitrogens with zero attached hydrogens (tertiary/aromatic N) is 1. The molecule has 1 aromatic carbocycles. The summed E-state index contributed by atoms with van der Waals surface area (Å²) < 4.78 is 26.4. The van der Waals surface area contributed by atoms with Gasteiger partial charge in [0.05, 0.1) is 0 Å². The number of nitrogens with one attached hydrogen (secondary N) is 1. The van der Waals surface area contributed by atoms with Crippen molar-refractivity contribution in [3.8, 4) is 0 Å². The summed E-state index contributed by atoms with van der Waals surface area (Å²) in [5.74, 6) is -0.126. The summed E-state index contributed by atoms with van der Waals surface area (Å²) in [7, 11) is 0.297. The molecule has 0 aliphatic carbocycles. The molecule has 0 fully saturated rings. The first kappa shape index (κ1) is 19.5. The molecule has 0 saturated heterocycles. The van der Waals surface area contributed by atoms with E-state index in [-0.39, 0.29) is 12.5 Å². The molecule has 0 unspecified atom stereocenters. The van der Waals surface area contributed by atoms with E-state index in [2.05, 4.69) is 5.32 Å². The molecular weight excluding hydrogens is 356 g/mol. The van der Waals surface area contributed by atoms with Gasteiger partial charge in [-0.25, -0.2) is 8.42 Å². The molecule has 136 valence electrons. The number of benzene rings is 1. The molecule has 25 heavy (non-hydrogen) atoms. The Hall–Kier alpha value is -1.86. The monoisotopic (exact) mass is 380 g/mol. The van der Waals surface area contributed by atoms with Crippen LogP contribution in [0.25, 0.3) is 0 Å². The lowest BCUT2D eigenvalue weighted by Crippen LogP contribution is -2.31. The normalized spacial score (nSPS) is 12.6. The van der Waals surface area contributed by atoms with Gasteiger partial charge in [0, 0.05) is 32.7 Å². The fraction of sp³-hybridized carbons (Fsp3) is 0.389. The Labute approximate surface area is 153 Å². The van der Waals surface area contributed by atoms with E-state index < -0.39 is 15.1 Å². The Morgan fingerprint density at radius 2 is 1.88 bits per heavy atom. The molecule has 1 aromatic heterocycles. The zero-order valence-corrected chi connectivity index (χ0v) is 16.4.